The molecular formula is C16H34O4Si2. The topological polar surface area (TPSA) is 52.6 Å². The molecule has 0 N–H and O–H groups in total. The molecule has 22 heavy (non-hydrogen) atoms. The van der Waals surface area contributed by atoms with Gasteiger partial charge in [-0.15, -0.1) is 0 Å². The zero-order chi connectivity index (χ0) is 16.8. The van der Waals surface area contributed by atoms with Crippen LogP contribution < -0.4 is 0 Å². The highest BCUT2D eigenvalue weighted by Gasteiger charge is 2.15. The molecule has 0 unspecified atom stereocenters. The second-order valence-corrected chi connectivity index (χ2v) is 8.58. The highest BCUT2D eigenvalue weighted by molar-refractivity contribution is 6.31. The molecule has 4 nitrogen and oxygen atoms in total. The standard InChI is InChI=1S/C16H34O4Si2/c1-5-13(6-2)15(17)19-21-11-9-10-12-22-20-16(18)14(7-3)8-4/h13-14H,5-12,21-22H2,1-4H3. The van der Waals surface area contributed by atoms with Crippen LogP contribution in [0.2, 0.25) is 12.1 Å². The zero-order valence-corrected chi connectivity index (χ0v) is 17.7. The quantitative estimate of drug-likeness (QED) is 0.380. The highest BCUT2D eigenvalue weighted by atomic mass is 28.2. The smallest absolute Gasteiger partial charge is 0.295 e. The van der Waals surface area contributed by atoms with Crippen LogP contribution in [0.4, 0.5) is 0 Å². The van der Waals surface area contributed by atoms with Gasteiger partial charge in [-0.25, -0.2) is 0 Å². The lowest BCUT2D eigenvalue weighted by Gasteiger charge is -2.12. The lowest BCUT2D eigenvalue weighted by Crippen LogP contribution is -2.18. The van der Waals surface area contributed by atoms with Gasteiger partial charge < -0.3 is 8.85 Å². The van der Waals surface area contributed by atoms with E-state index in [0.29, 0.717) is 0 Å². The predicted molar refractivity (Wildman–Crippen MR) is 96.3 cm³/mol. The van der Waals surface area contributed by atoms with E-state index in [4.69, 9.17) is 8.85 Å². The molecule has 0 rings (SSSR count). The van der Waals surface area contributed by atoms with Gasteiger partial charge in [0.1, 0.15) is 0 Å². The Bertz CT molecular complexity index is 273. The Kier molecular flexibility index (Phi) is 13.6. The minimum absolute atomic E-state index is 0.00476. The number of carbonyl (C=O) groups is 2. The first kappa shape index (κ1) is 21.4. The van der Waals surface area contributed by atoms with Crippen LogP contribution in [0.25, 0.3) is 0 Å². The Morgan fingerprint density at radius 3 is 1.32 bits per heavy atom. The van der Waals surface area contributed by atoms with E-state index in [-0.39, 0.29) is 23.8 Å². The van der Waals surface area contributed by atoms with E-state index in [9.17, 15) is 9.59 Å². The Morgan fingerprint density at radius 2 is 1.05 bits per heavy atom. The third-order valence-corrected chi connectivity index (χ3v) is 6.72. The van der Waals surface area contributed by atoms with Gasteiger partial charge in [0, 0.05) is 0 Å². The molecule has 0 aliphatic heterocycles. The summed E-state index contributed by atoms with van der Waals surface area (Å²) < 4.78 is 10.8. The minimum Gasteiger partial charge on any atom is -0.525 e. The Morgan fingerprint density at radius 1 is 0.727 bits per heavy atom. The van der Waals surface area contributed by atoms with Crippen molar-refractivity contribution in [3.8, 4) is 0 Å². The number of hydrogen-bond donors (Lipinski definition) is 0. The summed E-state index contributed by atoms with van der Waals surface area (Å²) in [6, 6.07) is 2.08. The highest BCUT2D eigenvalue weighted by Crippen LogP contribution is 2.11. The zero-order valence-electron chi connectivity index (χ0n) is 14.9. The van der Waals surface area contributed by atoms with Gasteiger partial charge in [0.25, 0.3) is 11.9 Å². The van der Waals surface area contributed by atoms with Gasteiger partial charge in [0.15, 0.2) is 0 Å². The van der Waals surface area contributed by atoms with Gasteiger partial charge in [0.05, 0.1) is 11.8 Å². The normalized spacial score (nSPS) is 12.1. The number of carbonyl (C=O) groups excluding carboxylic acids is 2. The fourth-order valence-corrected chi connectivity index (χ4v) is 4.66. The first-order chi connectivity index (χ1) is 10.6. The van der Waals surface area contributed by atoms with Gasteiger partial charge in [0.2, 0.25) is 19.5 Å². The average molecular weight is 347 g/mol. The van der Waals surface area contributed by atoms with Crippen molar-refractivity contribution in [2.45, 2.75) is 78.3 Å². The lowest BCUT2D eigenvalue weighted by atomic mass is 10.0. The third kappa shape index (κ3) is 9.40. The molecule has 0 bridgehead atoms. The maximum atomic E-state index is 11.7. The van der Waals surface area contributed by atoms with E-state index >= 15 is 0 Å². The molecule has 0 fully saturated rings. The van der Waals surface area contributed by atoms with Gasteiger partial charge in [-0.2, -0.15) is 0 Å². The van der Waals surface area contributed by atoms with E-state index in [0.717, 1.165) is 50.6 Å². The van der Waals surface area contributed by atoms with Crippen LogP contribution in [0.1, 0.15) is 66.2 Å². The van der Waals surface area contributed by atoms with Crippen LogP contribution in [-0.2, 0) is 18.4 Å². The van der Waals surface area contributed by atoms with E-state index in [1.54, 1.807) is 0 Å². The molecule has 0 aromatic rings. The van der Waals surface area contributed by atoms with Crippen LogP contribution in [0, 0.1) is 11.8 Å². The molecule has 0 spiro atoms. The summed E-state index contributed by atoms with van der Waals surface area (Å²) >= 11 is 0. The number of unbranched alkanes of at least 4 members (excludes halogenated alkanes) is 1. The Labute approximate surface area is 140 Å². The van der Waals surface area contributed by atoms with Crippen molar-refractivity contribution in [2.24, 2.45) is 11.8 Å². The van der Waals surface area contributed by atoms with Crippen molar-refractivity contribution in [1.82, 2.24) is 0 Å². The molecular weight excluding hydrogens is 312 g/mol. The van der Waals surface area contributed by atoms with Gasteiger partial charge >= 0.3 is 0 Å². The van der Waals surface area contributed by atoms with Crippen LogP contribution in [0.5, 0.6) is 0 Å². The molecule has 0 saturated heterocycles. The average Bonchev–Trinajstić information content (AvgIpc) is 2.52. The molecule has 0 aromatic carbocycles. The lowest BCUT2D eigenvalue weighted by molar-refractivity contribution is -0.140. The third-order valence-electron chi connectivity index (χ3n) is 4.17. The summed E-state index contributed by atoms with van der Waals surface area (Å²) in [4.78, 5) is 23.4. The largest absolute Gasteiger partial charge is 0.525 e. The fraction of sp³-hybridized carbons (Fsp3) is 0.875. The monoisotopic (exact) mass is 346 g/mol. The molecule has 0 radical (unpaired) electrons. The van der Waals surface area contributed by atoms with Crippen molar-refractivity contribution in [3.05, 3.63) is 0 Å². The first-order valence-electron chi connectivity index (χ1n) is 8.93. The molecule has 0 heterocycles. The van der Waals surface area contributed by atoms with Gasteiger partial charge in [-0.1, -0.05) is 40.5 Å². The second-order valence-electron chi connectivity index (χ2n) is 5.78. The maximum absolute atomic E-state index is 11.7. The molecule has 6 heteroatoms. The van der Waals surface area contributed by atoms with E-state index in [1.807, 2.05) is 27.7 Å². The SMILES string of the molecule is CCC(CC)C(=O)O[SiH2]CCCC[SiH2]OC(=O)C(CC)CC. The molecule has 0 aliphatic rings. The van der Waals surface area contributed by atoms with Crippen molar-refractivity contribution in [2.75, 3.05) is 0 Å². The van der Waals surface area contributed by atoms with Gasteiger partial charge in [-0.3, -0.25) is 9.59 Å². The Hall–Kier alpha value is -0.626. The molecule has 0 aliphatic carbocycles. The first-order valence-corrected chi connectivity index (χ1v) is 12.1. The summed E-state index contributed by atoms with van der Waals surface area (Å²) in [7, 11) is -1.42. The fourth-order valence-electron chi connectivity index (χ4n) is 2.38. The molecule has 130 valence electrons. The van der Waals surface area contributed by atoms with Crippen molar-refractivity contribution in [3.63, 3.8) is 0 Å². The number of hydrogen-bond acceptors (Lipinski definition) is 4. The summed E-state index contributed by atoms with van der Waals surface area (Å²) in [5.41, 5.74) is 0. The maximum Gasteiger partial charge on any atom is 0.295 e. The van der Waals surface area contributed by atoms with Crippen molar-refractivity contribution in [1.29, 1.82) is 0 Å². The van der Waals surface area contributed by atoms with Crippen LogP contribution in [0.15, 0.2) is 0 Å². The van der Waals surface area contributed by atoms with Crippen LogP contribution in [0.3, 0.4) is 0 Å². The molecule has 0 atom stereocenters. The van der Waals surface area contributed by atoms with E-state index < -0.39 is 19.5 Å². The molecule has 0 amide bonds. The molecule has 0 aromatic heterocycles. The van der Waals surface area contributed by atoms with E-state index in [1.165, 1.54) is 0 Å². The summed E-state index contributed by atoms with van der Waals surface area (Å²) in [5.74, 6) is 0.184. The number of rotatable bonds is 13. The minimum atomic E-state index is -0.710. The summed E-state index contributed by atoms with van der Waals surface area (Å²) in [5, 5.41) is 0. The second kappa shape index (κ2) is 14.0. The van der Waals surface area contributed by atoms with Gasteiger partial charge in [-0.05, 0) is 37.8 Å². The van der Waals surface area contributed by atoms with Crippen LogP contribution in [-0.4, -0.2) is 31.5 Å². The van der Waals surface area contributed by atoms with Crippen molar-refractivity contribution < 1.29 is 18.4 Å². The summed E-state index contributed by atoms with van der Waals surface area (Å²) in [6.07, 6.45) is 5.68. The predicted octanol–water partition coefficient (Wildman–Crippen LogP) is 2.73. The Balaban J connectivity index is 3.51. The molecule has 0 saturated carbocycles. The van der Waals surface area contributed by atoms with E-state index in [2.05, 4.69) is 0 Å². The van der Waals surface area contributed by atoms with Crippen LogP contribution >= 0.6 is 0 Å². The summed E-state index contributed by atoms with van der Waals surface area (Å²) in [6.45, 7) is 8.13. The van der Waals surface area contributed by atoms with Crippen molar-refractivity contribution >= 4 is 31.5 Å².